The maximum atomic E-state index is 12.2. The fourth-order valence-corrected chi connectivity index (χ4v) is 3.95. The number of nitrogens with zero attached hydrogens (tertiary/aromatic N) is 4. The molecule has 0 unspecified atom stereocenters. The molecule has 0 aliphatic carbocycles. The molecule has 0 spiro atoms. The number of nitrogens with one attached hydrogen (secondary N) is 1. The van der Waals surface area contributed by atoms with Crippen molar-refractivity contribution in [2.75, 3.05) is 11.6 Å². The average Bonchev–Trinajstić information content (AvgIpc) is 3.11. The second kappa shape index (κ2) is 7.11. The molecule has 0 saturated carbocycles. The van der Waals surface area contributed by atoms with Gasteiger partial charge in [0.25, 0.3) is 5.16 Å². The van der Waals surface area contributed by atoms with E-state index in [1.165, 1.54) is 0 Å². The van der Waals surface area contributed by atoms with Gasteiger partial charge < -0.3 is 5.32 Å². The van der Waals surface area contributed by atoms with Crippen molar-refractivity contribution in [3.05, 3.63) is 59.8 Å². The molecule has 2 heterocycles. The van der Waals surface area contributed by atoms with Gasteiger partial charge in [0.05, 0.1) is 12.2 Å². The first-order valence-electron chi connectivity index (χ1n) is 9.45. The molecule has 7 nitrogen and oxygen atoms in total. The van der Waals surface area contributed by atoms with Crippen molar-refractivity contribution < 1.29 is 8.42 Å². The van der Waals surface area contributed by atoms with E-state index in [1.807, 2.05) is 39.0 Å². The number of benzene rings is 2. The quantitative estimate of drug-likeness (QED) is 0.536. The normalized spacial score (nSPS) is 13.3. The second-order valence-electron chi connectivity index (χ2n) is 7.53. The number of hydrogen-bond acceptors (Lipinski definition) is 6. The Labute approximate surface area is 169 Å². The minimum atomic E-state index is -3.58. The Morgan fingerprint density at radius 3 is 2.41 bits per heavy atom. The zero-order valence-corrected chi connectivity index (χ0v) is 17.6. The Kier molecular flexibility index (Phi) is 4.74. The first-order valence-corrected chi connectivity index (χ1v) is 11.3. The predicted molar refractivity (Wildman–Crippen MR) is 114 cm³/mol. The lowest BCUT2D eigenvalue weighted by molar-refractivity contribution is 0.591. The highest BCUT2D eigenvalue weighted by molar-refractivity contribution is 7.90. The maximum Gasteiger partial charge on any atom is 0.252 e. The molecular formula is C21H23N5O2S. The van der Waals surface area contributed by atoms with Crippen LogP contribution in [0.1, 0.15) is 43.9 Å². The minimum Gasteiger partial charge on any atom is -0.348 e. The largest absolute Gasteiger partial charge is 0.348 e. The zero-order chi connectivity index (χ0) is 20.8. The van der Waals surface area contributed by atoms with E-state index in [2.05, 4.69) is 44.6 Å². The summed E-state index contributed by atoms with van der Waals surface area (Å²) >= 11 is 0. The van der Waals surface area contributed by atoms with E-state index in [0.717, 1.165) is 28.2 Å². The fraction of sp³-hybridized carbons (Fsp3) is 0.286. The van der Waals surface area contributed by atoms with Crippen LogP contribution in [0.2, 0.25) is 0 Å². The molecule has 8 heteroatoms. The van der Waals surface area contributed by atoms with Crippen LogP contribution in [-0.2, 0) is 9.84 Å². The molecule has 0 aliphatic heterocycles. The lowest BCUT2D eigenvalue weighted by Crippen LogP contribution is -2.16. The van der Waals surface area contributed by atoms with Crippen LogP contribution in [0, 0.1) is 0 Å². The Morgan fingerprint density at radius 1 is 0.966 bits per heavy atom. The van der Waals surface area contributed by atoms with Gasteiger partial charge in [-0.1, -0.05) is 56.3 Å². The number of sulfone groups is 1. The van der Waals surface area contributed by atoms with Gasteiger partial charge in [0.15, 0.2) is 5.65 Å². The summed E-state index contributed by atoms with van der Waals surface area (Å²) in [5, 5.41) is 9.82. The topological polar surface area (TPSA) is 89.2 Å². The summed E-state index contributed by atoms with van der Waals surface area (Å²) < 4.78 is 25.9. The summed E-state index contributed by atoms with van der Waals surface area (Å²) in [7, 11) is -3.58. The van der Waals surface area contributed by atoms with Crippen LogP contribution in [0.25, 0.3) is 16.4 Å². The zero-order valence-electron chi connectivity index (χ0n) is 16.8. The molecule has 0 saturated heterocycles. The first kappa shape index (κ1) is 19.3. The van der Waals surface area contributed by atoms with Gasteiger partial charge in [0, 0.05) is 11.8 Å². The number of aromatic nitrogens is 4. The molecule has 29 heavy (non-hydrogen) atoms. The molecule has 0 radical (unpaired) electrons. The van der Waals surface area contributed by atoms with Crippen molar-refractivity contribution in [3.63, 3.8) is 0 Å². The van der Waals surface area contributed by atoms with Crippen LogP contribution in [0.4, 0.5) is 5.95 Å². The molecule has 0 fully saturated rings. The summed E-state index contributed by atoms with van der Waals surface area (Å²) in [6.07, 6.45) is 2.83. The SMILES string of the molecule is CC(C)c1cnn2c(N[C@@H](C)c3cccc4ccccc34)nc(S(C)(=O)=O)nc12. The molecule has 4 rings (SSSR count). The van der Waals surface area contributed by atoms with Crippen molar-refractivity contribution in [2.24, 2.45) is 0 Å². The molecule has 150 valence electrons. The molecule has 1 atom stereocenters. The van der Waals surface area contributed by atoms with Crippen LogP contribution < -0.4 is 5.32 Å². The minimum absolute atomic E-state index is 0.127. The van der Waals surface area contributed by atoms with Gasteiger partial charge in [-0.15, -0.1) is 0 Å². The number of hydrogen-bond donors (Lipinski definition) is 1. The number of anilines is 1. The van der Waals surface area contributed by atoms with Crippen molar-refractivity contribution in [3.8, 4) is 0 Å². The first-order chi connectivity index (χ1) is 13.8. The molecule has 0 bridgehead atoms. The summed E-state index contributed by atoms with van der Waals surface area (Å²) in [4.78, 5) is 8.56. The highest BCUT2D eigenvalue weighted by Gasteiger charge is 2.21. The second-order valence-corrected chi connectivity index (χ2v) is 9.44. The van der Waals surface area contributed by atoms with Gasteiger partial charge >= 0.3 is 0 Å². The smallest absolute Gasteiger partial charge is 0.252 e. The van der Waals surface area contributed by atoms with Crippen LogP contribution >= 0.6 is 0 Å². The van der Waals surface area contributed by atoms with Crippen molar-refractivity contribution >= 4 is 32.2 Å². The van der Waals surface area contributed by atoms with Crippen LogP contribution in [-0.4, -0.2) is 34.3 Å². The number of fused-ring (bicyclic) bond motifs is 2. The summed E-state index contributed by atoms with van der Waals surface area (Å²) in [6.45, 7) is 6.05. The van der Waals surface area contributed by atoms with Gasteiger partial charge in [-0.05, 0) is 29.2 Å². The van der Waals surface area contributed by atoms with E-state index in [1.54, 1.807) is 10.7 Å². The van der Waals surface area contributed by atoms with E-state index < -0.39 is 9.84 Å². The third-order valence-corrected chi connectivity index (χ3v) is 5.81. The Morgan fingerprint density at radius 2 is 1.69 bits per heavy atom. The van der Waals surface area contributed by atoms with Crippen LogP contribution in [0.5, 0.6) is 0 Å². The third kappa shape index (κ3) is 3.55. The van der Waals surface area contributed by atoms with Crippen LogP contribution in [0.3, 0.4) is 0 Å². The predicted octanol–water partition coefficient (Wildman–Crippen LogP) is 3.98. The molecule has 1 N–H and O–H groups in total. The number of rotatable bonds is 5. The van der Waals surface area contributed by atoms with E-state index in [4.69, 9.17) is 0 Å². The third-order valence-electron chi connectivity index (χ3n) is 4.96. The van der Waals surface area contributed by atoms with Gasteiger partial charge in [-0.25, -0.2) is 8.42 Å². The molecule has 2 aromatic heterocycles. The summed E-state index contributed by atoms with van der Waals surface area (Å²) in [5.41, 5.74) is 2.47. The van der Waals surface area contributed by atoms with E-state index in [9.17, 15) is 8.42 Å². The highest BCUT2D eigenvalue weighted by Crippen LogP contribution is 2.28. The summed E-state index contributed by atoms with van der Waals surface area (Å²) in [5.74, 6) is 0.501. The van der Waals surface area contributed by atoms with Crippen molar-refractivity contribution in [2.45, 2.75) is 37.9 Å². The monoisotopic (exact) mass is 409 g/mol. The molecule has 4 aromatic rings. The lowest BCUT2D eigenvalue weighted by atomic mass is 10.00. The Hall–Kier alpha value is -3.00. The van der Waals surface area contributed by atoms with Crippen molar-refractivity contribution in [1.29, 1.82) is 0 Å². The van der Waals surface area contributed by atoms with Gasteiger partial charge in [0.2, 0.25) is 15.8 Å². The van der Waals surface area contributed by atoms with Gasteiger partial charge in [-0.2, -0.15) is 19.6 Å². The summed E-state index contributed by atoms with van der Waals surface area (Å²) in [6, 6.07) is 14.2. The molecule has 0 aliphatic rings. The highest BCUT2D eigenvalue weighted by atomic mass is 32.2. The van der Waals surface area contributed by atoms with Crippen molar-refractivity contribution in [1.82, 2.24) is 19.6 Å². The van der Waals surface area contributed by atoms with Crippen LogP contribution in [0.15, 0.2) is 53.8 Å². The maximum absolute atomic E-state index is 12.2. The van der Waals surface area contributed by atoms with Gasteiger partial charge in [-0.3, -0.25) is 0 Å². The average molecular weight is 410 g/mol. The Bertz CT molecular complexity index is 1310. The van der Waals surface area contributed by atoms with E-state index in [0.29, 0.717) is 11.6 Å². The standard InChI is InChI=1S/C21H23N5O2S/c1-13(2)18-12-22-26-19(18)24-21(29(4,27)28)25-20(26)23-14(3)16-11-7-9-15-8-5-6-10-17(15)16/h5-14H,1-4H3,(H,23,24,25)/t14-/m0/s1. The molecule has 0 amide bonds. The Balaban J connectivity index is 1.85. The molecule has 2 aromatic carbocycles. The van der Waals surface area contributed by atoms with E-state index >= 15 is 0 Å². The molecular weight excluding hydrogens is 386 g/mol. The van der Waals surface area contributed by atoms with E-state index in [-0.39, 0.29) is 17.1 Å². The fourth-order valence-electron chi connectivity index (χ4n) is 3.44. The van der Waals surface area contributed by atoms with Gasteiger partial charge in [0.1, 0.15) is 0 Å². The lowest BCUT2D eigenvalue weighted by Gasteiger charge is -2.18.